The fourth-order valence-corrected chi connectivity index (χ4v) is 3.17. The zero-order chi connectivity index (χ0) is 20.5. The third kappa shape index (κ3) is 3.54. The molecule has 152 valence electrons. The Labute approximate surface area is 166 Å². The molecule has 1 atom stereocenters. The highest BCUT2D eigenvalue weighted by Gasteiger charge is 2.20. The molecule has 0 saturated heterocycles. The van der Waals surface area contributed by atoms with Crippen molar-refractivity contribution in [1.82, 2.24) is 19.9 Å². The number of hydrogen-bond acceptors (Lipinski definition) is 7. The minimum absolute atomic E-state index is 0.0525. The van der Waals surface area contributed by atoms with Crippen molar-refractivity contribution < 1.29 is 18.7 Å². The number of nitrogens with zero attached hydrogens (tertiary/aromatic N) is 3. The van der Waals surface area contributed by atoms with Crippen LogP contribution in [-0.2, 0) is 11.3 Å². The molecule has 0 aliphatic carbocycles. The van der Waals surface area contributed by atoms with E-state index in [0.717, 1.165) is 0 Å². The number of imidazole rings is 1. The molecule has 3 heterocycles. The molecule has 1 aliphatic rings. The first kappa shape index (κ1) is 18.9. The summed E-state index contributed by atoms with van der Waals surface area (Å²) in [5.41, 5.74) is 2.35. The van der Waals surface area contributed by atoms with Gasteiger partial charge in [-0.25, -0.2) is 13.9 Å². The highest BCUT2D eigenvalue weighted by Crippen LogP contribution is 2.32. The van der Waals surface area contributed by atoms with Crippen molar-refractivity contribution in [2.24, 2.45) is 0 Å². The van der Waals surface area contributed by atoms with Gasteiger partial charge in [-0.2, -0.15) is 0 Å². The Balaban J connectivity index is 1.90. The molecule has 0 spiro atoms. The lowest BCUT2D eigenvalue weighted by atomic mass is 10.1. The first-order valence-electron chi connectivity index (χ1n) is 9.08. The highest BCUT2D eigenvalue weighted by molar-refractivity contribution is 5.94. The van der Waals surface area contributed by atoms with Crippen LogP contribution in [0.25, 0.3) is 5.65 Å². The number of amides is 1. The number of fused-ring (bicyclic) bond motifs is 3. The number of anilines is 3. The lowest BCUT2D eigenvalue weighted by Gasteiger charge is -2.18. The van der Waals surface area contributed by atoms with Crippen molar-refractivity contribution in [3.05, 3.63) is 41.5 Å². The van der Waals surface area contributed by atoms with E-state index in [4.69, 9.17) is 9.47 Å². The third-order valence-corrected chi connectivity index (χ3v) is 4.60. The van der Waals surface area contributed by atoms with Crippen molar-refractivity contribution in [2.75, 3.05) is 31.4 Å². The van der Waals surface area contributed by atoms with Gasteiger partial charge < -0.3 is 25.4 Å². The quantitative estimate of drug-likeness (QED) is 0.607. The van der Waals surface area contributed by atoms with Gasteiger partial charge in [0.2, 0.25) is 0 Å². The van der Waals surface area contributed by atoms with Crippen LogP contribution in [0.3, 0.4) is 0 Å². The van der Waals surface area contributed by atoms with Gasteiger partial charge in [-0.1, -0.05) is 0 Å². The second-order valence-electron chi connectivity index (χ2n) is 6.73. The summed E-state index contributed by atoms with van der Waals surface area (Å²) in [6.45, 7) is 2.08. The zero-order valence-electron chi connectivity index (χ0n) is 16.2. The number of benzene rings is 1. The monoisotopic (exact) mass is 400 g/mol. The maximum absolute atomic E-state index is 14.4. The fourth-order valence-electron chi connectivity index (χ4n) is 3.17. The van der Waals surface area contributed by atoms with E-state index >= 15 is 0 Å². The van der Waals surface area contributed by atoms with Crippen LogP contribution in [0.15, 0.2) is 24.4 Å². The average Bonchev–Trinajstić information content (AvgIpc) is 3.12. The van der Waals surface area contributed by atoms with Crippen molar-refractivity contribution in [2.45, 2.75) is 19.6 Å². The van der Waals surface area contributed by atoms with E-state index in [1.807, 2.05) is 6.92 Å². The molecule has 4 bridgehead atoms. The summed E-state index contributed by atoms with van der Waals surface area (Å²) in [5, 5.41) is 13.5. The molecule has 0 fully saturated rings. The number of hydrogen-bond donors (Lipinski definition) is 3. The van der Waals surface area contributed by atoms with E-state index in [1.54, 1.807) is 19.2 Å². The van der Waals surface area contributed by atoms with Crippen LogP contribution in [0.5, 0.6) is 5.75 Å². The predicted molar refractivity (Wildman–Crippen MR) is 105 cm³/mol. The molecular weight excluding hydrogens is 379 g/mol. The number of carbonyl (C=O) groups is 1. The Morgan fingerprint density at radius 3 is 2.97 bits per heavy atom. The van der Waals surface area contributed by atoms with Crippen LogP contribution < -0.4 is 20.7 Å². The van der Waals surface area contributed by atoms with Gasteiger partial charge in [-0.3, -0.25) is 4.79 Å². The number of ether oxygens (including phenoxy) is 2. The molecule has 0 saturated carbocycles. The molecule has 1 unspecified atom stereocenters. The van der Waals surface area contributed by atoms with E-state index in [0.29, 0.717) is 34.2 Å². The second-order valence-corrected chi connectivity index (χ2v) is 6.73. The van der Waals surface area contributed by atoms with Crippen molar-refractivity contribution in [3.8, 4) is 5.75 Å². The minimum Gasteiger partial charge on any atom is -0.494 e. The van der Waals surface area contributed by atoms with Gasteiger partial charge >= 0.3 is 0 Å². The summed E-state index contributed by atoms with van der Waals surface area (Å²) in [6, 6.07) is 4.39. The van der Waals surface area contributed by atoms with Crippen molar-refractivity contribution in [1.29, 1.82) is 0 Å². The van der Waals surface area contributed by atoms with Gasteiger partial charge in [0.25, 0.3) is 5.91 Å². The van der Waals surface area contributed by atoms with Crippen LogP contribution in [0, 0.1) is 5.82 Å². The molecule has 1 aromatic carbocycles. The van der Waals surface area contributed by atoms with Gasteiger partial charge in [0.1, 0.15) is 11.6 Å². The number of carbonyl (C=O) groups excluding carboxylic acids is 1. The van der Waals surface area contributed by atoms with Crippen LogP contribution >= 0.6 is 0 Å². The summed E-state index contributed by atoms with van der Waals surface area (Å²) < 4.78 is 26.8. The summed E-state index contributed by atoms with van der Waals surface area (Å²) >= 11 is 0. The summed E-state index contributed by atoms with van der Waals surface area (Å²) in [7, 11) is 3.21. The molecule has 2 aromatic heterocycles. The van der Waals surface area contributed by atoms with Gasteiger partial charge in [0.15, 0.2) is 17.2 Å². The first-order valence-corrected chi connectivity index (χ1v) is 9.08. The molecule has 29 heavy (non-hydrogen) atoms. The Hall–Kier alpha value is -3.40. The Morgan fingerprint density at radius 1 is 1.38 bits per heavy atom. The first-order chi connectivity index (χ1) is 14.0. The largest absolute Gasteiger partial charge is 0.494 e. The lowest BCUT2D eigenvalue weighted by Crippen LogP contribution is -2.36. The minimum atomic E-state index is -0.438. The topological polar surface area (TPSA) is 102 Å². The number of rotatable bonds is 2. The number of methoxy groups -OCH3 is 1. The smallest absolute Gasteiger partial charge is 0.271 e. The summed E-state index contributed by atoms with van der Waals surface area (Å²) in [5.74, 6) is -0.0222. The highest BCUT2D eigenvalue weighted by atomic mass is 19.1. The molecule has 0 radical (unpaired) electrons. The molecule has 1 amide bonds. The zero-order valence-corrected chi connectivity index (χ0v) is 16.2. The van der Waals surface area contributed by atoms with Crippen LogP contribution in [0.2, 0.25) is 0 Å². The molecular formula is C19H21FN6O3. The Morgan fingerprint density at radius 2 is 2.21 bits per heavy atom. The Bertz CT molecular complexity index is 1080. The lowest BCUT2D eigenvalue weighted by molar-refractivity contribution is 0.0808. The predicted octanol–water partition coefficient (Wildman–Crippen LogP) is 2.31. The van der Waals surface area contributed by atoms with Gasteiger partial charge in [-0.15, -0.1) is 5.10 Å². The molecule has 9 nitrogen and oxygen atoms in total. The second kappa shape index (κ2) is 7.55. The maximum atomic E-state index is 14.4. The van der Waals surface area contributed by atoms with E-state index in [9.17, 15) is 9.18 Å². The summed E-state index contributed by atoms with van der Waals surface area (Å²) in [4.78, 5) is 17.0. The normalized spacial score (nSPS) is 16.8. The molecule has 3 N–H and O–H groups in total. The van der Waals surface area contributed by atoms with Gasteiger partial charge in [-0.05, 0) is 13.0 Å². The molecule has 3 aromatic rings. The standard InChI is InChI=1S/C19H21FN6O3/c1-10-8-29-9-11-4-13(16(28-3)5-12(11)20)24-17-6-14(21-2)18-22-7-15(19(27)23-10)26(18)25-17/h4-7,10,21H,8-9H2,1-3H3,(H,23,27)(H,24,25). The van der Waals surface area contributed by atoms with Crippen LogP contribution in [-0.4, -0.2) is 47.3 Å². The average molecular weight is 400 g/mol. The van der Waals surface area contributed by atoms with Crippen molar-refractivity contribution >= 4 is 28.7 Å². The van der Waals surface area contributed by atoms with E-state index in [1.165, 1.54) is 23.9 Å². The summed E-state index contributed by atoms with van der Waals surface area (Å²) in [6.07, 6.45) is 1.47. The van der Waals surface area contributed by atoms with E-state index in [-0.39, 0.29) is 30.9 Å². The van der Waals surface area contributed by atoms with E-state index < -0.39 is 5.82 Å². The maximum Gasteiger partial charge on any atom is 0.271 e. The van der Waals surface area contributed by atoms with Crippen LogP contribution in [0.4, 0.5) is 21.6 Å². The van der Waals surface area contributed by atoms with E-state index in [2.05, 4.69) is 26.0 Å². The third-order valence-electron chi connectivity index (χ3n) is 4.60. The number of nitrogens with one attached hydrogen (secondary N) is 3. The fraction of sp³-hybridized carbons (Fsp3) is 0.316. The van der Waals surface area contributed by atoms with Crippen LogP contribution in [0.1, 0.15) is 23.0 Å². The molecule has 1 aliphatic heterocycles. The molecule has 4 rings (SSSR count). The Kier molecular flexibility index (Phi) is 4.93. The SMILES string of the molecule is CNc1cc2nn3c(cnc13)C(=O)NC(C)COCc1cc(c(OC)cc1F)N2. The molecule has 10 heteroatoms. The number of aromatic nitrogens is 3. The van der Waals surface area contributed by atoms with Crippen molar-refractivity contribution in [3.63, 3.8) is 0 Å². The van der Waals surface area contributed by atoms with Gasteiger partial charge in [0.05, 0.1) is 37.9 Å². The van der Waals surface area contributed by atoms with Gasteiger partial charge in [0, 0.05) is 30.8 Å². The number of halogens is 1.